The number of hydrogen-bond acceptors (Lipinski definition) is 2. The zero-order valence-corrected chi connectivity index (χ0v) is 15.4. The molecule has 2 nitrogen and oxygen atoms in total. The lowest BCUT2D eigenvalue weighted by molar-refractivity contribution is 0.169. The number of hydrogen-bond donors (Lipinski definition) is 0. The summed E-state index contributed by atoms with van der Waals surface area (Å²) >= 11 is 0. The van der Waals surface area contributed by atoms with Gasteiger partial charge in [0.15, 0.2) is 0 Å². The maximum Gasteiger partial charge on any atom is 0.113 e. The van der Waals surface area contributed by atoms with Crippen LogP contribution in [0.3, 0.4) is 0 Å². The number of ether oxygens (including phenoxy) is 1. The molecule has 0 heterocycles. The fourth-order valence-electron chi connectivity index (χ4n) is 2.73. The molecular formula is C17H37O2P. The van der Waals surface area contributed by atoms with Crippen LogP contribution < -0.4 is 0 Å². The first-order valence-corrected chi connectivity index (χ1v) is 10.8. The molecule has 0 unspecified atom stereocenters. The first kappa shape index (κ1) is 20.2. The summed E-state index contributed by atoms with van der Waals surface area (Å²) in [5, 5.41) is 0. The predicted molar refractivity (Wildman–Crippen MR) is 91.2 cm³/mol. The van der Waals surface area contributed by atoms with E-state index >= 15 is 0 Å². The molecule has 0 fully saturated rings. The lowest BCUT2D eigenvalue weighted by atomic mass is 10.1. The number of rotatable bonds is 13. The Morgan fingerprint density at radius 3 is 1.85 bits per heavy atom. The molecule has 0 amide bonds. The minimum absolute atomic E-state index is 0.497. The molecule has 0 aromatic rings. The van der Waals surface area contributed by atoms with Crippen LogP contribution in [-0.4, -0.2) is 25.3 Å². The van der Waals surface area contributed by atoms with E-state index < -0.39 is 7.14 Å². The summed E-state index contributed by atoms with van der Waals surface area (Å²) in [6.45, 7) is 11.6. The molecule has 122 valence electrons. The highest BCUT2D eigenvalue weighted by Crippen LogP contribution is 2.48. The molecular weight excluding hydrogens is 267 g/mol. The summed E-state index contributed by atoms with van der Waals surface area (Å²) < 4.78 is 18.6. The molecule has 20 heavy (non-hydrogen) atoms. The third-order valence-corrected chi connectivity index (χ3v) is 6.81. The maximum absolute atomic E-state index is 12.9. The molecule has 0 atom stereocenters. The smallest absolute Gasteiger partial charge is 0.113 e. The lowest BCUT2D eigenvalue weighted by Gasteiger charge is -2.22. The predicted octanol–water partition coefficient (Wildman–Crippen LogP) is 6.00. The van der Waals surface area contributed by atoms with Gasteiger partial charge in [0.05, 0.1) is 6.35 Å². The summed E-state index contributed by atoms with van der Waals surface area (Å²) in [7, 11) is -2.12. The van der Waals surface area contributed by atoms with Crippen LogP contribution in [0.5, 0.6) is 0 Å². The fourth-order valence-corrected chi connectivity index (χ4v) is 6.21. The van der Waals surface area contributed by atoms with Gasteiger partial charge >= 0.3 is 0 Å². The van der Waals surface area contributed by atoms with Crippen molar-refractivity contribution in [2.45, 2.75) is 73.1 Å². The SMILES string of the molecule is CCCCCCCCOCP(=O)(CC(C)C)CC(C)C. The quantitative estimate of drug-likeness (QED) is 0.308. The van der Waals surface area contributed by atoms with Crippen LogP contribution in [0, 0.1) is 11.8 Å². The molecule has 0 aliphatic carbocycles. The Morgan fingerprint density at radius 2 is 1.35 bits per heavy atom. The minimum atomic E-state index is -2.12. The van der Waals surface area contributed by atoms with E-state index in [1.54, 1.807) is 0 Å². The molecule has 0 aliphatic heterocycles. The monoisotopic (exact) mass is 304 g/mol. The summed E-state index contributed by atoms with van der Waals surface area (Å²) in [6.07, 6.45) is 9.83. The van der Waals surface area contributed by atoms with Crippen molar-refractivity contribution in [1.82, 2.24) is 0 Å². The highest BCUT2D eigenvalue weighted by molar-refractivity contribution is 7.63. The van der Waals surface area contributed by atoms with Crippen molar-refractivity contribution in [2.75, 3.05) is 25.3 Å². The summed E-state index contributed by atoms with van der Waals surface area (Å²) in [5.74, 6) is 0.995. The van der Waals surface area contributed by atoms with Crippen molar-refractivity contribution in [3.8, 4) is 0 Å². The van der Waals surface area contributed by atoms with Crippen molar-refractivity contribution in [1.29, 1.82) is 0 Å². The van der Waals surface area contributed by atoms with Crippen LogP contribution in [0.4, 0.5) is 0 Å². The summed E-state index contributed by atoms with van der Waals surface area (Å²) in [4.78, 5) is 0. The first-order valence-electron chi connectivity index (χ1n) is 8.54. The third kappa shape index (κ3) is 12.0. The maximum atomic E-state index is 12.9. The van der Waals surface area contributed by atoms with Gasteiger partial charge in [-0.2, -0.15) is 0 Å². The van der Waals surface area contributed by atoms with Crippen molar-refractivity contribution in [3.63, 3.8) is 0 Å². The molecule has 0 N–H and O–H groups in total. The fraction of sp³-hybridized carbons (Fsp3) is 1.00. The van der Waals surface area contributed by atoms with Crippen LogP contribution in [0.1, 0.15) is 73.1 Å². The minimum Gasteiger partial charge on any atom is -0.374 e. The van der Waals surface area contributed by atoms with Crippen LogP contribution >= 0.6 is 7.14 Å². The van der Waals surface area contributed by atoms with Crippen LogP contribution in [0.25, 0.3) is 0 Å². The Balaban J connectivity index is 3.82. The largest absolute Gasteiger partial charge is 0.374 e. The Bertz CT molecular complexity index is 248. The average Bonchev–Trinajstić information content (AvgIpc) is 2.30. The topological polar surface area (TPSA) is 26.3 Å². The second-order valence-corrected chi connectivity index (χ2v) is 10.1. The van der Waals surface area contributed by atoms with Crippen molar-refractivity contribution < 1.29 is 9.30 Å². The molecule has 0 saturated heterocycles. The summed E-state index contributed by atoms with van der Waals surface area (Å²) in [6, 6.07) is 0. The van der Waals surface area contributed by atoms with Gasteiger partial charge in [0.25, 0.3) is 0 Å². The molecule has 0 rings (SSSR count). The van der Waals surface area contributed by atoms with Crippen LogP contribution in [-0.2, 0) is 9.30 Å². The first-order chi connectivity index (χ1) is 9.39. The van der Waals surface area contributed by atoms with Gasteiger partial charge in [-0.15, -0.1) is 0 Å². The van der Waals surface area contributed by atoms with Crippen molar-refractivity contribution in [2.24, 2.45) is 11.8 Å². The molecule has 0 radical (unpaired) electrons. The Labute approximate surface area is 127 Å². The molecule has 0 saturated carbocycles. The van der Waals surface area contributed by atoms with E-state index in [-0.39, 0.29) is 0 Å². The van der Waals surface area contributed by atoms with Gasteiger partial charge in [0.1, 0.15) is 7.14 Å². The van der Waals surface area contributed by atoms with Crippen molar-refractivity contribution >= 4 is 7.14 Å². The molecule has 0 aromatic carbocycles. The van der Waals surface area contributed by atoms with Gasteiger partial charge in [-0.05, 0) is 18.3 Å². The number of unbranched alkanes of at least 4 members (excludes halogenated alkanes) is 5. The van der Waals surface area contributed by atoms with Gasteiger partial charge in [0, 0.05) is 18.9 Å². The van der Waals surface area contributed by atoms with Gasteiger partial charge in [-0.3, -0.25) is 0 Å². The molecule has 0 aromatic heterocycles. The highest BCUT2D eigenvalue weighted by atomic mass is 31.2. The van der Waals surface area contributed by atoms with E-state index in [0.717, 1.165) is 25.4 Å². The van der Waals surface area contributed by atoms with E-state index in [4.69, 9.17) is 4.74 Å². The molecule has 0 bridgehead atoms. The van der Waals surface area contributed by atoms with Crippen molar-refractivity contribution in [3.05, 3.63) is 0 Å². The van der Waals surface area contributed by atoms with E-state index in [1.165, 1.54) is 32.1 Å². The molecule has 0 spiro atoms. The lowest BCUT2D eigenvalue weighted by Crippen LogP contribution is -2.11. The second kappa shape index (κ2) is 11.8. The Morgan fingerprint density at radius 1 is 0.850 bits per heavy atom. The van der Waals surface area contributed by atoms with Gasteiger partial charge < -0.3 is 9.30 Å². The molecule has 3 heteroatoms. The highest BCUT2D eigenvalue weighted by Gasteiger charge is 2.24. The van der Waals surface area contributed by atoms with Gasteiger partial charge in [0.2, 0.25) is 0 Å². The van der Waals surface area contributed by atoms with Gasteiger partial charge in [-0.1, -0.05) is 66.7 Å². The van der Waals surface area contributed by atoms with E-state index in [9.17, 15) is 4.57 Å². The standard InChI is InChI=1S/C17H37O2P/c1-6-7-8-9-10-11-12-19-15-20(18,13-16(2)3)14-17(4)5/h16-17H,6-15H2,1-5H3. The molecule has 0 aliphatic rings. The van der Waals surface area contributed by atoms with Crippen LogP contribution in [0.15, 0.2) is 0 Å². The zero-order valence-electron chi connectivity index (χ0n) is 14.5. The normalized spacial score (nSPS) is 12.6. The zero-order chi connectivity index (χ0) is 15.4. The van der Waals surface area contributed by atoms with E-state index in [0.29, 0.717) is 18.2 Å². The van der Waals surface area contributed by atoms with Crippen LogP contribution in [0.2, 0.25) is 0 Å². The Kier molecular flexibility index (Phi) is 11.9. The second-order valence-electron chi connectivity index (χ2n) is 7.02. The van der Waals surface area contributed by atoms with Gasteiger partial charge in [-0.25, -0.2) is 0 Å². The Hall–Kier alpha value is 0.190. The average molecular weight is 304 g/mol. The van der Waals surface area contributed by atoms with E-state index in [2.05, 4.69) is 34.6 Å². The van der Waals surface area contributed by atoms with E-state index in [1.807, 2.05) is 0 Å². The summed E-state index contributed by atoms with van der Waals surface area (Å²) in [5.41, 5.74) is 0. The third-order valence-electron chi connectivity index (χ3n) is 3.36.